The van der Waals surface area contributed by atoms with Gasteiger partial charge in [-0.05, 0) is 114 Å². The number of H-pyrrole nitrogens is 2. The summed E-state index contributed by atoms with van der Waals surface area (Å²) in [4.78, 5) is 17.1. The van der Waals surface area contributed by atoms with Crippen LogP contribution in [0.15, 0.2) is 77.5 Å². The van der Waals surface area contributed by atoms with Gasteiger partial charge in [-0.3, -0.25) is 9.97 Å². The summed E-state index contributed by atoms with van der Waals surface area (Å²) >= 11 is 3.37. The highest BCUT2D eigenvalue weighted by atomic mass is 79.9. The lowest BCUT2D eigenvalue weighted by molar-refractivity contribution is 0.588. The number of anilines is 1. The number of hydrogen-bond acceptors (Lipinski definition) is 4. The molecule has 3 N–H and O–H groups in total. The lowest BCUT2D eigenvalue weighted by atomic mass is 9.81. The minimum atomic E-state index is -0.547. The SMILES string of the molecule is Cc1cc(C)c(Br)cn1.Cc1cc(C)c(N2CCc3[nH]c(-c4c(F)cccc4F)cc3C2)cn1.Fc1cccc(F)c1-c1cc2c([nH]1)CCNC2.[B][BH3-]. The summed E-state index contributed by atoms with van der Waals surface area (Å²) in [7, 11) is 5.00. The monoisotopic (exact) mass is 783 g/mol. The van der Waals surface area contributed by atoms with Crippen LogP contribution in [-0.2, 0) is 25.9 Å². The third-order valence-corrected chi connectivity index (χ3v) is 9.88. The van der Waals surface area contributed by atoms with Crippen LogP contribution in [0.25, 0.3) is 22.5 Å². The van der Waals surface area contributed by atoms with E-state index in [1.807, 2.05) is 44.4 Å². The van der Waals surface area contributed by atoms with E-state index in [1.165, 1.54) is 47.5 Å². The minimum Gasteiger partial charge on any atom is -0.365 e. The summed E-state index contributed by atoms with van der Waals surface area (Å²) in [6.07, 6.45) is 5.40. The van der Waals surface area contributed by atoms with Gasteiger partial charge in [0.25, 0.3) is 0 Å². The summed E-state index contributed by atoms with van der Waals surface area (Å²) in [5, 5.41) is 3.23. The summed E-state index contributed by atoms with van der Waals surface area (Å²) in [6, 6.07) is 15.7. The molecule has 0 bridgehead atoms. The zero-order valence-electron chi connectivity index (χ0n) is 29.5. The fraction of sp³-hybridized carbons (Fsp3) is 0.250. The summed E-state index contributed by atoms with van der Waals surface area (Å²) in [5.41, 5.74) is 10.9. The Labute approximate surface area is 318 Å². The molecular weight excluding hydrogens is 742 g/mol. The number of hydrogen-bond donors (Lipinski definition) is 3. The van der Waals surface area contributed by atoms with Gasteiger partial charge in [-0.2, -0.15) is 7.74 Å². The second-order valence-electron chi connectivity index (χ2n) is 12.9. The highest BCUT2D eigenvalue weighted by molar-refractivity contribution is 9.10. The highest BCUT2D eigenvalue weighted by Crippen LogP contribution is 2.32. The van der Waals surface area contributed by atoms with Gasteiger partial charge in [0.15, 0.2) is 0 Å². The zero-order valence-corrected chi connectivity index (χ0v) is 31.1. The quantitative estimate of drug-likeness (QED) is 0.126. The molecule has 2 aliphatic heterocycles. The molecular formula is C40H42B2BrF4N6-. The highest BCUT2D eigenvalue weighted by Gasteiger charge is 2.23. The van der Waals surface area contributed by atoms with E-state index < -0.39 is 23.3 Å². The zero-order chi connectivity index (χ0) is 38.2. The van der Waals surface area contributed by atoms with E-state index in [0.29, 0.717) is 17.9 Å². The van der Waals surface area contributed by atoms with Crippen molar-refractivity contribution in [1.82, 2.24) is 25.3 Å². The number of aromatic amines is 2. The smallest absolute Gasteiger partial charge is 0.135 e. The van der Waals surface area contributed by atoms with Crippen molar-refractivity contribution in [2.24, 2.45) is 0 Å². The predicted molar refractivity (Wildman–Crippen MR) is 213 cm³/mol. The van der Waals surface area contributed by atoms with E-state index >= 15 is 0 Å². The van der Waals surface area contributed by atoms with Gasteiger partial charge >= 0.3 is 0 Å². The molecule has 4 aromatic heterocycles. The molecule has 13 heteroatoms. The average Bonchev–Trinajstić information content (AvgIpc) is 3.75. The lowest BCUT2D eigenvalue weighted by Gasteiger charge is -2.30. The van der Waals surface area contributed by atoms with Gasteiger partial charge < -0.3 is 20.2 Å². The molecule has 6 heterocycles. The Morgan fingerprint density at radius 3 is 1.72 bits per heavy atom. The van der Waals surface area contributed by atoms with Crippen molar-refractivity contribution in [2.75, 3.05) is 18.0 Å². The summed E-state index contributed by atoms with van der Waals surface area (Å²) in [5.74, 6) is -2.16. The first kappa shape index (κ1) is 39.6. The van der Waals surface area contributed by atoms with Gasteiger partial charge in [-0.1, -0.05) is 19.9 Å². The van der Waals surface area contributed by atoms with Crippen LogP contribution in [0.2, 0.25) is 0 Å². The number of pyridine rings is 2. The fourth-order valence-electron chi connectivity index (χ4n) is 6.48. The van der Waals surface area contributed by atoms with Gasteiger partial charge in [0, 0.05) is 72.5 Å². The molecule has 274 valence electrons. The molecule has 0 saturated carbocycles. The van der Waals surface area contributed by atoms with Crippen molar-refractivity contribution >= 4 is 37.1 Å². The van der Waals surface area contributed by atoms with Crippen LogP contribution in [0.5, 0.6) is 0 Å². The Morgan fingerprint density at radius 1 is 0.698 bits per heavy atom. The Bertz CT molecular complexity index is 2120. The van der Waals surface area contributed by atoms with E-state index in [4.69, 9.17) is 7.74 Å². The van der Waals surface area contributed by atoms with Crippen molar-refractivity contribution in [3.8, 4) is 22.5 Å². The molecule has 0 amide bonds. The number of halogens is 5. The van der Waals surface area contributed by atoms with Crippen LogP contribution in [0.3, 0.4) is 0 Å². The molecule has 0 spiro atoms. The van der Waals surface area contributed by atoms with Crippen molar-refractivity contribution < 1.29 is 17.6 Å². The Balaban J connectivity index is 0.000000166. The van der Waals surface area contributed by atoms with Crippen LogP contribution in [0.1, 0.15) is 45.0 Å². The molecule has 0 saturated heterocycles. The Kier molecular flexibility index (Phi) is 13.4. The molecule has 0 aliphatic carbocycles. The number of rotatable bonds is 3. The topological polar surface area (TPSA) is 72.6 Å². The normalized spacial score (nSPS) is 13.0. The van der Waals surface area contributed by atoms with Crippen LogP contribution in [0.4, 0.5) is 23.2 Å². The lowest BCUT2D eigenvalue weighted by Crippen LogP contribution is -2.30. The molecule has 2 aromatic carbocycles. The summed E-state index contributed by atoms with van der Waals surface area (Å²) < 4.78 is 56.4. The molecule has 53 heavy (non-hydrogen) atoms. The number of benzene rings is 2. The number of fused-ring (bicyclic) bond motifs is 2. The second kappa shape index (κ2) is 17.9. The number of nitrogens with zero attached hydrogens (tertiary/aromatic N) is 3. The van der Waals surface area contributed by atoms with Crippen molar-refractivity contribution in [3.63, 3.8) is 0 Å². The standard InChI is InChI=1S/C20H19F2N3.C13H12F2N2.C7H8BrN.B2H3/c1-12-8-13(2)23-10-19(12)25-7-6-17-14(11-25)9-18(24-17)20-15(21)4-3-5-16(20)22;14-9-2-1-3-10(15)13(9)12-6-8-7-16-5-4-11(8)17-12;1-5-3-6(2)9-4-7(5)8;1-2/h3-5,8-10,24H,6-7,11H2,1-2H3;1-3,6,16-17H,4-5,7H2;3-4H,1-2H3;1H3/q;;;-1. The molecule has 6 aromatic rings. The van der Waals surface area contributed by atoms with Gasteiger partial charge in [-0.25, -0.2) is 17.6 Å². The van der Waals surface area contributed by atoms with Gasteiger partial charge in [0.05, 0.1) is 34.4 Å². The number of aromatic nitrogens is 4. The van der Waals surface area contributed by atoms with Crippen molar-refractivity contribution in [2.45, 2.75) is 53.6 Å². The molecule has 0 unspecified atom stereocenters. The van der Waals surface area contributed by atoms with E-state index in [2.05, 4.69) is 66.0 Å². The van der Waals surface area contributed by atoms with Crippen molar-refractivity contribution in [3.05, 3.63) is 146 Å². The largest absolute Gasteiger partial charge is 0.365 e. The minimum absolute atomic E-state index is 0.0108. The third kappa shape index (κ3) is 9.50. The first-order valence-electron chi connectivity index (χ1n) is 16.8. The molecule has 0 fully saturated rings. The molecule has 6 nitrogen and oxygen atoms in total. The fourth-order valence-corrected chi connectivity index (χ4v) is 6.70. The van der Waals surface area contributed by atoms with E-state index in [9.17, 15) is 17.6 Å². The van der Waals surface area contributed by atoms with E-state index in [0.717, 1.165) is 76.5 Å². The van der Waals surface area contributed by atoms with Gasteiger partial charge in [0.2, 0.25) is 0 Å². The molecule has 8 rings (SSSR count). The Hall–Kier alpha value is -4.61. The third-order valence-electron chi connectivity index (χ3n) is 9.05. The van der Waals surface area contributed by atoms with Gasteiger partial charge in [-0.15, -0.1) is 0 Å². The number of aryl methyl sites for hydroxylation is 4. The van der Waals surface area contributed by atoms with Crippen molar-refractivity contribution in [1.29, 1.82) is 0 Å². The summed E-state index contributed by atoms with van der Waals surface area (Å²) in [6.45, 7) is 11.3. The first-order chi connectivity index (χ1) is 25.5. The van der Waals surface area contributed by atoms with Crippen LogP contribution >= 0.6 is 15.9 Å². The van der Waals surface area contributed by atoms with Crippen LogP contribution < -0.4 is 10.2 Å². The van der Waals surface area contributed by atoms with Gasteiger partial charge in [0.1, 0.15) is 23.3 Å². The maximum Gasteiger partial charge on any atom is 0.135 e. The first-order valence-corrected chi connectivity index (χ1v) is 17.6. The van der Waals surface area contributed by atoms with E-state index in [1.54, 1.807) is 0 Å². The van der Waals surface area contributed by atoms with Crippen LogP contribution in [0, 0.1) is 51.0 Å². The Morgan fingerprint density at radius 2 is 1.21 bits per heavy atom. The second-order valence-corrected chi connectivity index (χ2v) is 13.7. The predicted octanol–water partition coefficient (Wildman–Crippen LogP) is 8.04. The average molecular weight is 784 g/mol. The number of nitrogens with one attached hydrogen (secondary N) is 3. The van der Waals surface area contributed by atoms with E-state index in [-0.39, 0.29) is 18.9 Å². The maximum absolute atomic E-state index is 14.1. The maximum atomic E-state index is 14.1. The molecule has 2 radical (unpaired) electrons. The molecule has 2 aliphatic rings. The van der Waals surface area contributed by atoms with Crippen LogP contribution in [-0.4, -0.2) is 48.5 Å². The molecule has 0 atom stereocenters.